The van der Waals surface area contributed by atoms with Crippen molar-refractivity contribution < 1.29 is 14.3 Å². The van der Waals surface area contributed by atoms with Crippen molar-refractivity contribution in [3.05, 3.63) is 59.7 Å². The van der Waals surface area contributed by atoms with Gasteiger partial charge in [-0.15, -0.1) is 0 Å². The number of nitrogens with one attached hydrogen (secondary N) is 2. The van der Waals surface area contributed by atoms with Crippen LogP contribution in [0.1, 0.15) is 11.1 Å². The zero-order chi connectivity index (χ0) is 17.4. The van der Waals surface area contributed by atoms with Gasteiger partial charge in [0.1, 0.15) is 5.75 Å². The van der Waals surface area contributed by atoms with E-state index in [1.807, 2.05) is 31.2 Å². The van der Waals surface area contributed by atoms with E-state index in [1.54, 1.807) is 24.3 Å². The summed E-state index contributed by atoms with van der Waals surface area (Å²) in [6.07, 6.45) is 1.44. The minimum absolute atomic E-state index is 0.0923. The highest BCUT2D eigenvalue weighted by Crippen LogP contribution is 2.14. The molecule has 0 aromatic heterocycles. The van der Waals surface area contributed by atoms with Crippen molar-refractivity contribution in [3.63, 3.8) is 0 Å². The Morgan fingerprint density at radius 3 is 2.54 bits per heavy atom. The van der Waals surface area contributed by atoms with Gasteiger partial charge in [-0.1, -0.05) is 18.2 Å². The fourth-order valence-electron chi connectivity index (χ4n) is 1.87. The summed E-state index contributed by atoms with van der Waals surface area (Å²) in [5.74, 6) is 0.315. The summed E-state index contributed by atoms with van der Waals surface area (Å²) in [6.45, 7) is 1.83. The first kappa shape index (κ1) is 17.0. The smallest absolute Gasteiger partial charge is 0.332 e. The molecule has 2 aromatic carbocycles. The molecule has 0 saturated carbocycles. The average Bonchev–Trinajstić information content (AvgIpc) is 2.56. The Hall–Kier alpha value is -3.35. The van der Waals surface area contributed by atoms with Crippen LogP contribution in [0.25, 0.3) is 0 Å². The Morgan fingerprint density at radius 2 is 1.88 bits per heavy atom. The maximum Gasteiger partial charge on any atom is 0.332 e. The molecule has 0 heterocycles. The molecule has 3 amide bonds. The van der Waals surface area contributed by atoms with Gasteiger partial charge in [-0.25, -0.2) is 10.2 Å². The fourth-order valence-corrected chi connectivity index (χ4v) is 1.87. The number of para-hydroxylation sites is 1. The van der Waals surface area contributed by atoms with Crippen LogP contribution in [0, 0.1) is 6.92 Å². The average molecular weight is 326 g/mol. The minimum atomic E-state index is -0.731. The molecule has 2 rings (SSSR count). The van der Waals surface area contributed by atoms with Gasteiger partial charge in [-0.3, -0.25) is 4.79 Å². The number of hydrogen-bond donors (Lipinski definition) is 3. The van der Waals surface area contributed by atoms with Gasteiger partial charge in [0.05, 0.1) is 6.21 Å². The number of benzene rings is 2. The second-order valence-electron chi connectivity index (χ2n) is 4.96. The number of nitrogens with two attached hydrogens (primary N) is 1. The minimum Gasteiger partial charge on any atom is -0.484 e. The molecule has 0 atom stereocenters. The summed E-state index contributed by atoms with van der Waals surface area (Å²) in [6, 6.07) is 13.7. The zero-order valence-corrected chi connectivity index (χ0v) is 13.2. The molecule has 0 unspecified atom stereocenters. The largest absolute Gasteiger partial charge is 0.484 e. The lowest BCUT2D eigenvalue weighted by atomic mass is 10.2. The van der Waals surface area contributed by atoms with Crippen LogP contribution >= 0.6 is 0 Å². The van der Waals surface area contributed by atoms with Crippen molar-refractivity contribution in [2.24, 2.45) is 10.8 Å². The highest BCUT2D eigenvalue weighted by molar-refractivity contribution is 5.92. The third-order valence-electron chi connectivity index (χ3n) is 3.06. The summed E-state index contributed by atoms with van der Waals surface area (Å²) < 4.78 is 5.43. The molecule has 7 heteroatoms. The van der Waals surface area contributed by atoms with Crippen molar-refractivity contribution >= 4 is 23.8 Å². The van der Waals surface area contributed by atoms with E-state index in [2.05, 4.69) is 15.8 Å². The Morgan fingerprint density at radius 1 is 1.17 bits per heavy atom. The number of carbonyl (C=O) groups is 2. The Labute approximate surface area is 139 Å². The number of carbonyl (C=O) groups excluding carboxylic acids is 2. The third-order valence-corrected chi connectivity index (χ3v) is 3.06. The normalized spacial score (nSPS) is 10.4. The SMILES string of the molecule is Cc1ccccc1NC(=O)COc1ccc(C=NNC(N)=O)cc1. The lowest BCUT2D eigenvalue weighted by Crippen LogP contribution is -2.24. The van der Waals surface area contributed by atoms with Gasteiger partial charge >= 0.3 is 6.03 Å². The van der Waals surface area contributed by atoms with E-state index in [4.69, 9.17) is 10.5 Å². The number of anilines is 1. The Kier molecular flexibility index (Phi) is 5.90. The van der Waals surface area contributed by atoms with E-state index in [-0.39, 0.29) is 12.5 Å². The van der Waals surface area contributed by atoms with Gasteiger partial charge < -0.3 is 15.8 Å². The van der Waals surface area contributed by atoms with E-state index < -0.39 is 6.03 Å². The van der Waals surface area contributed by atoms with E-state index in [9.17, 15) is 9.59 Å². The topological polar surface area (TPSA) is 106 Å². The number of amides is 3. The zero-order valence-electron chi connectivity index (χ0n) is 13.2. The maximum absolute atomic E-state index is 11.9. The van der Waals surface area contributed by atoms with Crippen molar-refractivity contribution in [2.45, 2.75) is 6.92 Å². The van der Waals surface area contributed by atoms with E-state index in [1.165, 1.54) is 6.21 Å². The molecular formula is C17H18N4O3. The molecule has 0 spiro atoms. The number of aryl methyl sites for hydroxylation is 1. The second-order valence-corrected chi connectivity index (χ2v) is 4.96. The molecule has 0 aliphatic rings. The van der Waals surface area contributed by atoms with Crippen molar-refractivity contribution in [1.29, 1.82) is 0 Å². The van der Waals surface area contributed by atoms with Gasteiger partial charge in [0, 0.05) is 5.69 Å². The highest BCUT2D eigenvalue weighted by atomic mass is 16.5. The van der Waals surface area contributed by atoms with Crippen LogP contribution in [0.5, 0.6) is 5.75 Å². The highest BCUT2D eigenvalue weighted by Gasteiger charge is 2.05. The summed E-state index contributed by atoms with van der Waals surface area (Å²) in [4.78, 5) is 22.4. The summed E-state index contributed by atoms with van der Waals surface area (Å²) in [5, 5.41) is 6.44. The van der Waals surface area contributed by atoms with Crippen molar-refractivity contribution in [1.82, 2.24) is 5.43 Å². The number of urea groups is 1. The Balaban J connectivity index is 1.83. The lowest BCUT2D eigenvalue weighted by molar-refractivity contribution is -0.118. The molecule has 4 N–H and O–H groups in total. The van der Waals surface area contributed by atoms with Crippen molar-refractivity contribution in [3.8, 4) is 5.75 Å². The number of rotatable bonds is 6. The summed E-state index contributed by atoms with van der Waals surface area (Å²) >= 11 is 0. The van der Waals surface area contributed by atoms with Crippen LogP contribution in [0.4, 0.5) is 10.5 Å². The van der Waals surface area contributed by atoms with Gasteiger partial charge in [-0.05, 0) is 48.4 Å². The second kappa shape index (κ2) is 8.33. The van der Waals surface area contributed by atoms with Crippen molar-refractivity contribution in [2.75, 3.05) is 11.9 Å². The van der Waals surface area contributed by atoms with E-state index in [0.717, 1.165) is 16.8 Å². The molecule has 0 aliphatic carbocycles. The van der Waals surface area contributed by atoms with Crippen LogP contribution in [-0.4, -0.2) is 24.8 Å². The monoisotopic (exact) mass is 326 g/mol. The predicted molar refractivity (Wildman–Crippen MR) is 92.1 cm³/mol. The molecular weight excluding hydrogens is 308 g/mol. The number of nitrogens with zero attached hydrogens (tertiary/aromatic N) is 1. The molecule has 0 saturated heterocycles. The van der Waals surface area contributed by atoms with Crippen LogP contribution < -0.4 is 21.2 Å². The standard InChI is InChI=1S/C17H18N4O3/c1-12-4-2-3-5-15(12)20-16(22)11-24-14-8-6-13(7-9-14)10-19-21-17(18)23/h2-10H,11H2,1H3,(H,20,22)(H3,18,21,23). The first-order chi connectivity index (χ1) is 11.5. The fraction of sp³-hybridized carbons (Fsp3) is 0.118. The van der Waals surface area contributed by atoms with Gasteiger partial charge in [0.15, 0.2) is 6.61 Å². The quantitative estimate of drug-likeness (QED) is 0.558. The van der Waals surface area contributed by atoms with E-state index >= 15 is 0 Å². The van der Waals surface area contributed by atoms with Gasteiger partial charge in [0.25, 0.3) is 5.91 Å². The Bertz CT molecular complexity index is 742. The molecule has 0 bridgehead atoms. The molecule has 0 radical (unpaired) electrons. The molecule has 24 heavy (non-hydrogen) atoms. The van der Waals surface area contributed by atoms with Gasteiger partial charge in [-0.2, -0.15) is 5.10 Å². The summed E-state index contributed by atoms with van der Waals surface area (Å²) in [5.41, 5.74) is 9.49. The molecule has 2 aromatic rings. The van der Waals surface area contributed by atoms with Crippen LogP contribution in [-0.2, 0) is 4.79 Å². The molecule has 7 nitrogen and oxygen atoms in total. The van der Waals surface area contributed by atoms with Crippen LogP contribution in [0.15, 0.2) is 53.6 Å². The van der Waals surface area contributed by atoms with E-state index in [0.29, 0.717) is 5.75 Å². The number of ether oxygens (including phenoxy) is 1. The number of primary amides is 1. The number of hydrogen-bond acceptors (Lipinski definition) is 4. The maximum atomic E-state index is 11.9. The van der Waals surface area contributed by atoms with Gasteiger partial charge in [0.2, 0.25) is 0 Å². The molecule has 0 aliphatic heterocycles. The first-order valence-corrected chi connectivity index (χ1v) is 7.21. The van der Waals surface area contributed by atoms with Crippen LogP contribution in [0.3, 0.4) is 0 Å². The molecule has 124 valence electrons. The lowest BCUT2D eigenvalue weighted by Gasteiger charge is -2.09. The molecule has 0 fully saturated rings. The van der Waals surface area contributed by atoms with Crippen LogP contribution in [0.2, 0.25) is 0 Å². The first-order valence-electron chi connectivity index (χ1n) is 7.21. The third kappa shape index (κ3) is 5.45. The predicted octanol–water partition coefficient (Wildman–Crippen LogP) is 2.01. The number of hydrazone groups is 1. The summed E-state index contributed by atoms with van der Waals surface area (Å²) in [7, 11) is 0.